The van der Waals surface area contributed by atoms with Gasteiger partial charge in [-0.2, -0.15) is 5.11 Å². The first-order valence-electron chi connectivity index (χ1n) is 11.0. The van der Waals surface area contributed by atoms with Crippen LogP contribution in [-0.4, -0.2) is 60.8 Å². The Balaban J connectivity index is 1.86. The molecule has 37 heavy (non-hydrogen) atoms. The predicted molar refractivity (Wildman–Crippen MR) is 135 cm³/mol. The minimum absolute atomic E-state index is 0.0544. The van der Waals surface area contributed by atoms with Gasteiger partial charge in [-0.15, -0.1) is 15.3 Å². The Hall–Kier alpha value is -4.62. The molecule has 0 radical (unpaired) electrons. The molecule has 13 heteroatoms. The molecule has 3 aromatic carbocycles. The van der Waals surface area contributed by atoms with Gasteiger partial charge in [0.1, 0.15) is 34.3 Å². The summed E-state index contributed by atoms with van der Waals surface area (Å²) in [7, 11) is 2.89. The van der Waals surface area contributed by atoms with Gasteiger partial charge in [0.05, 0.1) is 38.0 Å². The maximum atomic E-state index is 10.8. The number of aliphatic hydroxyl groups excluding tert-OH is 2. The highest BCUT2D eigenvalue weighted by Gasteiger charge is 2.13. The van der Waals surface area contributed by atoms with Crippen LogP contribution in [-0.2, 0) is 0 Å². The number of non-ortho nitro benzene ring substituents is 1. The van der Waals surface area contributed by atoms with Crippen LogP contribution in [0.25, 0.3) is 0 Å². The summed E-state index contributed by atoms with van der Waals surface area (Å²) in [6, 6.07) is 13.4. The number of benzene rings is 3. The zero-order valence-corrected chi connectivity index (χ0v) is 20.2. The Kier molecular flexibility index (Phi) is 9.41. The van der Waals surface area contributed by atoms with Gasteiger partial charge in [0, 0.05) is 49.1 Å². The van der Waals surface area contributed by atoms with E-state index in [1.165, 1.54) is 44.6 Å². The molecule has 0 amide bonds. The van der Waals surface area contributed by atoms with Gasteiger partial charge >= 0.3 is 0 Å². The number of ether oxygens (including phenoxy) is 2. The Labute approximate surface area is 212 Å². The fourth-order valence-corrected chi connectivity index (χ4v) is 3.29. The topological polar surface area (TPSA) is 175 Å². The molecule has 13 nitrogen and oxygen atoms in total. The normalized spacial score (nSPS) is 11.2. The fourth-order valence-electron chi connectivity index (χ4n) is 3.29. The number of aliphatic hydroxyl groups is 2. The molecule has 0 heterocycles. The largest absolute Gasteiger partial charge is 0.506 e. The maximum Gasteiger partial charge on any atom is 0.269 e. The van der Waals surface area contributed by atoms with E-state index in [9.17, 15) is 25.4 Å². The van der Waals surface area contributed by atoms with Crippen LogP contribution in [0.3, 0.4) is 0 Å². The van der Waals surface area contributed by atoms with Crippen LogP contribution in [0.5, 0.6) is 17.2 Å². The molecule has 194 valence electrons. The second kappa shape index (κ2) is 12.9. The summed E-state index contributed by atoms with van der Waals surface area (Å²) in [5, 5.41) is 56.2. The Morgan fingerprint density at radius 3 is 1.84 bits per heavy atom. The molecule has 0 aliphatic carbocycles. The number of methoxy groups -OCH3 is 2. The van der Waals surface area contributed by atoms with Crippen molar-refractivity contribution < 1.29 is 29.7 Å². The van der Waals surface area contributed by atoms with Crippen LogP contribution in [0.1, 0.15) is 0 Å². The van der Waals surface area contributed by atoms with E-state index >= 15 is 0 Å². The quantitative estimate of drug-likeness (QED) is 0.174. The molecule has 0 spiro atoms. The Morgan fingerprint density at radius 1 is 0.811 bits per heavy atom. The second-order valence-corrected chi connectivity index (χ2v) is 7.48. The summed E-state index contributed by atoms with van der Waals surface area (Å²) in [4.78, 5) is 12.0. The van der Waals surface area contributed by atoms with Crippen molar-refractivity contribution in [1.29, 1.82) is 0 Å². The number of azo groups is 2. The van der Waals surface area contributed by atoms with Crippen molar-refractivity contribution in [2.45, 2.75) is 0 Å². The van der Waals surface area contributed by atoms with Crippen LogP contribution in [0.4, 0.5) is 34.1 Å². The zero-order chi connectivity index (χ0) is 26.8. The average Bonchev–Trinajstić information content (AvgIpc) is 2.91. The van der Waals surface area contributed by atoms with E-state index in [4.69, 9.17) is 9.47 Å². The van der Waals surface area contributed by atoms with E-state index in [1.54, 1.807) is 29.2 Å². The van der Waals surface area contributed by atoms with Crippen molar-refractivity contribution in [2.75, 3.05) is 45.4 Å². The first-order valence-corrected chi connectivity index (χ1v) is 11.0. The van der Waals surface area contributed by atoms with E-state index in [0.717, 1.165) is 0 Å². The number of nitrogens with zero attached hydrogens (tertiary/aromatic N) is 6. The molecule has 0 aliphatic rings. The molecular formula is C24H26N6O7. The van der Waals surface area contributed by atoms with Crippen molar-refractivity contribution in [1.82, 2.24) is 0 Å². The molecule has 3 rings (SSSR count). The van der Waals surface area contributed by atoms with E-state index < -0.39 is 4.92 Å². The first kappa shape index (κ1) is 27.0. The summed E-state index contributed by atoms with van der Waals surface area (Å²) >= 11 is 0. The molecule has 0 atom stereocenters. The molecule has 0 fully saturated rings. The number of phenols is 1. The van der Waals surface area contributed by atoms with Crippen molar-refractivity contribution >= 4 is 34.1 Å². The summed E-state index contributed by atoms with van der Waals surface area (Å²) < 4.78 is 10.8. The predicted octanol–water partition coefficient (Wildman–Crippen LogP) is 4.94. The summed E-state index contributed by atoms with van der Waals surface area (Å²) in [5.41, 5.74) is 1.80. The van der Waals surface area contributed by atoms with Crippen molar-refractivity contribution in [3.8, 4) is 17.2 Å². The third-order valence-electron chi connectivity index (χ3n) is 5.14. The molecule has 0 bridgehead atoms. The monoisotopic (exact) mass is 510 g/mol. The van der Waals surface area contributed by atoms with Crippen LogP contribution in [0.15, 0.2) is 75.1 Å². The minimum atomic E-state index is -0.501. The summed E-state index contributed by atoms with van der Waals surface area (Å²) in [6.07, 6.45) is 0. The molecule has 0 saturated heterocycles. The smallest absolute Gasteiger partial charge is 0.269 e. The van der Waals surface area contributed by atoms with Gasteiger partial charge in [-0.3, -0.25) is 10.1 Å². The molecule has 3 aromatic rings. The number of nitro groups is 1. The molecule has 0 aliphatic heterocycles. The molecular weight excluding hydrogens is 484 g/mol. The van der Waals surface area contributed by atoms with Crippen molar-refractivity contribution in [3.63, 3.8) is 0 Å². The maximum absolute atomic E-state index is 10.8. The number of phenolic OH excluding ortho intramolecular Hbond substituents is 1. The lowest BCUT2D eigenvalue weighted by molar-refractivity contribution is -0.384. The van der Waals surface area contributed by atoms with Crippen LogP contribution < -0.4 is 14.4 Å². The molecule has 0 saturated carbocycles. The summed E-state index contributed by atoms with van der Waals surface area (Å²) in [6.45, 7) is 0.387. The Bertz CT molecular complexity index is 1280. The highest BCUT2D eigenvalue weighted by atomic mass is 16.6. The number of hydrogen-bond donors (Lipinski definition) is 3. The molecule has 0 unspecified atom stereocenters. The van der Waals surface area contributed by atoms with Crippen LogP contribution in [0, 0.1) is 10.1 Å². The minimum Gasteiger partial charge on any atom is -0.506 e. The van der Waals surface area contributed by atoms with E-state index in [-0.39, 0.29) is 30.3 Å². The van der Waals surface area contributed by atoms with Crippen LogP contribution in [0.2, 0.25) is 0 Å². The SMILES string of the molecule is COc1cc(N=Nc2ccc(N(CCO)CCO)cc2O)c(OC)cc1N=Nc1ccc([N+](=O)[O-])cc1. The number of rotatable bonds is 12. The lowest BCUT2D eigenvalue weighted by Crippen LogP contribution is -2.29. The summed E-state index contributed by atoms with van der Waals surface area (Å²) in [5.74, 6) is 0.501. The highest BCUT2D eigenvalue weighted by molar-refractivity contribution is 5.67. The van der Waals surface area contributed by atoms with Crippen molar-refractivity contribution in [3.05, 3.63) is 64.7 Å². The van der Waals surface area contributed by atoms with Gasteiger partial charge in [-0.05, 0) is 24.3 Å². The number of nitro benzene ring substituents is 1. The third-order valence-corrected chi connectivity index (χ3v) is 5.14. The van der Waals surface area contributed by atoms with Crippen molar-refractivity contribution in [2.24, 2.45) is 20.5 Å². The van der Waals surface area contributed by atoms with Gasteiger partial charge < -0.3 is 29.7 Å². The van der Waals surface area contributed by atoms with E-state index in [1.807, 2.05) is 0 Å². The number of hydrogen-bond acceptors (Lipinski definition) is 12. The van der Waals surface area contributed by atoms with E-state index in [0.29, 0.717) is 47.3 Å². The lowest BCUT2D eigenvalue weighted by Gasteiger charge is -2.23. The average molecular weight is 511 g/mol. The van der Waals surface area contributed by atoms with Gasteiger partial charge in [0.15, 0.2) is 0 Å². The third kappa shape index (κ3) is 6.96. The number of anilines is 1. The highest BCUT2D eigenvalue weighted by Crippen LogP contribution is 2.41. The standard InChI is InChI=1S/C24H26N6O7/c1-36-23-15-21(28-26-19-8-7-18(13-22(19)33)29(9-11-31)10-12-32)24(37-2)14-20(23)27-25-16-3-5-17(6-4-16)30(34)35/h3-8,13-15,31-33H,9-12H2,1-2H3. The first-order chi connectivity index (χ1) is 17.9. The fraction of sp³-hybridized carbons (Fsp3) is 0.250. The number of aromatic hydroxyl groups is 1. The molecule has 0 aromatic heterocycles. The van der Waals surface area contributed by atoms with Crippen LogP contribution >= 0.6 is 0 Å². The zero-order valence-electron chi connectivity index (χ0n) is 20.2. The van der Waals surface area contributed by atoms with Gasteiger partial charge in [0.2, 0.25) is 0 Å². The van der Waals surface area contributed by atoms with Gasteiger partial charge in [-0.25, -0.2) is 0 Å². The Morgan fingerprint density at radius 2 is 1.35 bits per heavy atom. The lowest BCUT2D eigenvalue weighted by atomic mass is 10.2. The second-order valence-electron chi connectivity index (χ2n) is 7.48. The van der Waals surface area contributed by atoms with Gasteiger partial charge in [-0.1, -0.05) is 0 Å². The van der Waals surface area contributed by atoms with E-state index in [2.05, 4.69) is 20.5 Å². The molecule has 3 N–H and O–H groups in total. The van der Waals surface area contributed by atoms with Gasteiger partial charge in [0.25, 0.3) is 5.69 Å².